The zero-order valence-electron chi connectivity index (χ0n) is 20.0. The van der Waals surface area contributed by atoms with Crippen LogP contribution in [-0.4, -0.2) is 55.9 Å². The van der Waals surface area contributed by atoms with Crippen LogP contribution in [0.5, 0.6) is 5.75 Å². The number of rotatable bonds is 10. The smallest absolute Gasteiger partial charge is 0.333 e. The fourth-order valence-corrected chi connectivity index (χ4v) is 3.26. The Bertz CT molecular complexity index is 1200. The quantitative estimate of drug-likeness (QED) is 0.424. The third kappa shape index (κ3) is 7.42. The molecule has 1 atom stereocenters. The highest BCUT2D eigenvalue weighted by molar-refractivity contribution is 5.97. The van der Waals surface area contributed by atoms with Crippen LogP contribution < -0.4 is 15.4 Å². The van der Waals surface area contributed by atoms with Crippen molar-refractivity contribution in [1.82, 2.24) is 10.2 Å². The van der Waals surface area contributed by atoms with E-state index in [1.165, 1.54) is 14.2 Å². The Morgan fingerprint density at radius 3 is 2.22 bits per heavy atom. The van der Waals surface area contributed by atoms with Crippen LogP contribution in [0, 0.1) is 0 Å². The fourth-order valence-electron chi connectivity index (χ4n) is 3.26. The topological polar surface area (TPSA) is 114 Å². The number of carbonyl (C=O) groups is 4. The van der Waals surface area contributed by atoms with E-state index in [0.29, 0.717) is 22.6 Å². The molecule has 36 heavy (non-hydrogen) atoms. The van der Waals surface area contributed by atoms with Crippen LogP contribution in [0.2, 0.25) is 0 Å². The normalized spacial score (nSPS) is 11.1. The van der Waals surface area contributed by atoms with Gasteiger partial charge in [0, 0.05) is 24.4 Å². The summed E-state index contributed by atoms with van der Waals surface area (Å²) in [7, 11) is 2.94. The SMILES string of the molecule is COc1cccc(NC(=O)CN(C)C(=O)COC(=O)[C@H](NC(=O)c2ccccc2)c2ccccc2)c1. The van der Waals surface area contributed by atoms with Gasteiger partial charge >= 0.3 is 5.97 Å². The molecule has 0 saturated heterocycles. The number of likely N-dealkylation sites (N-methyl/N-ethyl adjacent to an activating group) is 1. The monoisotopic (exact) mass is 489 g/mol. The number of benzene rings is 3. The summed E-state index contributed by atoms with van der Waals surface area (Å²) in [5.74, 6) is -1.68. The minimum absolute atomic E-state index is 0.250. The zero-order valence-corrected chi connectivity index (χ0v) is 20.0. The van der Waals surface area contributed by atoms with Gasteiger partial charge in [-0.05, 0) is 29.8 Å². The van der Waals surface area contributed by atoms with Crippen LogP contribution in [0.3, 0.4) is 0 Å². The molecular formula is C27H27N3O6. The van der Waals surface area contributed by atoms with Gasteiger partial charge in [0.25, 0.3) is 11.8 Å². The lowest BCUT2D eigenvalue weighted by atomic mass is 10.1. The molecule has 9 heteroatoms. The second kappa shape index (κ2) is 12.7. The average Bonchev–Trinajstić information content (AvgIpc) is 2.90. The molecule has 3 amide bonds. The van der Waals surface area contributed by atoms with Crippen LogP contribution in [0.15, 0.2) is 84.9 Å². The molecule has 0 aliphatic carbocycles. The summed E-state index contributed by atoms with van der Waals surface area (Å²) >= 11 is 0. The van der Waals surface area contributed by atoms with E-state index in [1.807, 2.05) is 0 Å². The molecule has 3 rings (SSSR count). The predicted octanol–water partition coefficient (Wildman–Crippen LogP) is 2.81. The number of nitrogens with zero attached hydrogens (tertiary/aromatic N) is 1. The van der Waals surface area contributed by atoms with E-state index in [4.69, 9.17) is 9.47 Å². The van der Waals surface area contributed by atoms with E-state index in [9.17, 15) is 19.2 Å². The lowest BCUT2D eigenvalue weighted by Crippen LogP contribution is -2.39. The molecule has 0 spiro atoms. The zero-order chi connectivity index (χ0) is 25.9. The van der Waals surface area contributed by atoms with Crippen molar-refractivity contribution in [2.24, 2.45) is 0 Å². The first-order valence-electron chi connectivity index (χ1n) is 11.1. The summed E-state index contributed by atoms with van der Waals surface area (Å²) in [6.45, 7) is -0.841. The van der Waals surface area contributed by atoms with Crippen molar-refractivity contribution in [3.63, 3.8) is 0 Å². The number of amides is 3. The molecule has 0 aliphatic heterocycles. The first-order chi connectivity index (χ1) is 17.4. The van der Waals surface area contributed by atoms with E-state index >= 15 is 0 Å². The summed E-state index contributed by atoms with van der Waals surface area (Å²) < 4.78 is 10.3. The molecule has 0 unspecified atom stereocenters. The minimum Gasteiger partial charge on any atom is -0.497 e. The van der Waals surface area contributed by atoms with Gasteiger partial charge in [-0.25, -0.2) is 4.79 Å². The summed E-state index contributed by atoms with van der Waals surface area (Å²) in [5.41, 5.74) is 1.40. The van der Waals surface area contributed by atoms with Gasteiger partial charge in [-0.2, -0.15) is 0 Å². The van der Waals surface area contributed by atoms with Gasteiger partial charge in [-0.1, -0.05) is 54.6 Å². The maximum Gasteiger partial charge on any atom is 0.333 e. The first-order valence-corrected chi connectivity index (χ1v) is 11.1. The van der Waals surface area contributed by atoms with Crippen LogP contribution in [-0.2, 0) is 19.1 Å². The largest absolute Gasteiger partial charge is 0.497 e. The molecule has 186 valence electrons. The van der Waals surface area contributed by atoms with Gasteiger partial charge in [-0.15, -0.1) is 0 Å². The summed E-state index contributed by atoms with van der Waals surface area (Å²) in [4.78, 5) is 51.5. The number of hydrogen-bond acceptors (Lipinski definition) is 6. The Morgan fingerprint density at radius 2 is 1.56 bits per heavy atom. The molecule has 0 heterocycles. The van der Waals surface area contributed by atoms with Crippen molar-refractivity contribution in [1.29, 1.82) is 0 Å². The molecule has 9 nitrogen and oxygen atoms in total. The van der Waals surface area contributed by atoms with E-state index in [1.54, 1.807) is 84.9 Å². The maximum absolute atomic E-state index is 12.9. The molecule has 0 radical (unpaired) electrons. The highest BCUT2D eigenvalue weighted by atomic mass is 16.5. The molecule has 0 bridgehead atoms. The number of ether oxygens (including phenoxy) is 2. The Hall–Kier alpha value is -4.66. The lowest BCUT2D eigenvalue weighted by Gasteiger charge is -2.20. The van der Waals surface area contributed by atoms with Crippen molar-refractivity contribution in [3.05, 3.63) is 96.1 Å². The van der Waals surface area contributed by atoms with Crippen LogP contribution in [0.25, 0.3) is 0 Å². The van der Waals surface area contributed by atoms with Crippen LogP contribution >= 0.6 is 0 Å². The standard InChI is InChI=1S/C27H27N3O6/c1-30(17-23(31)28-21-14-9-15-22(16-21)35-2)24(32)18-36-27(34)25(19-10-5-3-6-11-19)29-26(33)20-12-7-4-8-13-20/h3-16,25H,17-18H2,1-2H3,(H,28,31)(H,29,33)/t25-/m1/s1. The van der Waals surface area contributed by atoms with Crippen LogP contribution in [0.4, 0.5) is 5.69 Å². The molecule has 3 aromatic rings. The number of nitrogens with one attached hydrogen (secondary N) is 2. The highest BCUT2D eigenvalue weighted by Crippen LogP contribution is 2.17. The molecule has 0 fully saturated rings. The van der Waals surface area contributed by atoms with Crippen molar-refractivity contribution in [3.8, 4) is 5.75 Å². The average molecular weight is 490 g/mol. The highest BCUT2D eigenvalue weighted by Gasteiger charge is 2.26. The third-order valence-corrected chi connectivity index (χ3v) is 5.18. The van der Waals surface area contributed by atoms with Gasteiger partial charge in [0.05, 0.1) is 13.7 Å². The minimum atomic E-state index is -1.12. The van der Waals surface area contributed by atoms with Gasteiger partial charge in [0.2, 0.25) is 5.91 Å². The fraction of sp³-hybridized carbons (Fsp3) is 0.185. The maximum atomic E-state index is 12.9. The van der Waals surface area contributed by atoms with Crippen LogP contribution in [0.1, 0.15) is 22.0 Å². The van der Waals surface area contributed by atoms with Gasteiger partial charge in [0.15, 0.2) is 12.6 Å². The van der Waals surface area contributed by atoms with E-state index < -0.39 is 36.3 Å². The third-order valence-electron chi connectivity index (χ3n) is 5.18. The Morgan fingerprint density at radius 1 is 0.889 bits per heavy atom. The molecule has 2 N–H and O–H groups in total. The first kappa shape index (κ1) is 26.0. The van der Waals surface area contributed by atoms with Gasteiger partial charge < -0.3 is 25.0 Å². The van der Waals surface area contributed by atoms with Crippen molar-refractivity contribution >= 4 is 29.4 Å². The van der Waals surface area contributed by atoms with E-state index in [2.05, 4.69) is 10.6 Å². The van der Waals surface area contributed by atoms with E-state index in [-0.39, 0.29) is 6.54 Å². The number of carbonyl (C=O) groups excluding carboxylic acids is 4. The van der Waals surface area contributed by atoms with Crippen molar-refractivity contribution in [2.45, 2.75) is 6.04 Å². The molecule has 0 aromatic heterocycles. The van der Waals surface area contributed by atoms with Crippen molar-refractivity contribution < 1.29 is 28.7 Å². The Balaban J connectivity index is 1.57. The number of anilines is 1. The Labute approximate surface area is 209 Å². The summed E-state index contributed by atoms with van der Waals surface area (Å²) in [6, 6.07) is 22.7. The molecule has 0 aliphatic rings. The second-order valence-electron chi connectivity index (χ2n) is 7.82. The predicted molar refractivity (Wildman–Crippen MR) is 133 cm³/mol. The molecule has 0 saturated carbocycles. The summed E-state index contributed by atoms with van der Waals surface area (Å²) in [6.07, 6.45) is 0. The van der Waals surface area contributed by atoms with E-state index in [0.717, 1.165) is 4.90 Å². The van der Waals surface area contributed by atoms with Crippen molar-refractivity contribution in [2.75, 3.05) is 32.6 Å². The summed E-state index contributed by atoms with van der Waals surface area (Å²) in [5, 5.41) is 5.33. The van der Waals surface area contributed by atoms with Gasteiger partial charge in [0.1, 0.15) is 5.75 Å². The Kier molecular flexibility index (Phi) is 9.16. The number of esters is 1. The van der Waals surface area contributed by atoms with Gasteiger partial charge in [-0.3, -0.25) is 14.4 Å². The number of methoxy groups -OCH3 is 1. The number of hydrogen-bond donors (Lipinski definition) is 2. The second-order valence-corrected chi connectivity index (χ2v) is 7.82. The molecular weight excluding hydrogens is 462 g/mol. The lowest BCUT2D eigenvalue weighted by molar-refractivity contribution is -0.153. The molecule has 3 aromatic carbocycles.